The Balaban J connectivity index is 2.09. The van der Waals surface area contributed by atoms with E-state index in [2.05, 4.69) is 5.32 Å². The molecule has 90 valence electrons. The van der Waals surface area contributed by atoms with Gasteiger partial charge in [0.15, 0.2) is 0 Å². The van der Waals surface area contributed by atoms with Crippen LogP contribution in [0.15, 0.2) is 18.2 Å². The molecule has 1 aromatic carbocycles. The van der Waals surface area contributed by atoms with E-state index in [1.165, 1.54) is 12.1 Å². The Bertz CT molecular complexity index is 476. The average Bonchev–Trinajstić information content (AvgIpc) is 2.68. The molecule has 1 fully saturated rings. The molecule has 0 spiro atoms. The summed E-state index contributed by atoms with van der Waals surface area (Å²) in [7, 11) is 0. The Morgan fingerprint density at radius 2 is 2.12 bits per heavy atom. The zero-order valence-corrected chi connectivity index (χ0v) is 10.2. The molecule has 0 saturated carbocycles. The van der Waals surface area contributed by atoms with Crippen molar-refractivity contribution in [2.45, 2.75) is 12.5 Å². The first kappa shape index (κ1) is 12.2. The summed E-state index contributed by atoms with van der Waals surface area (Å²) < 4.78 is 4.74. The van der Waals surface area contributed by atoms with Crippen LogP contribution in [0, 0.1) is 0 Å². The minimum atomic E-state index is -0.572. The van der Waals surface area contributed by atoms with Gasteiger partial charge in [-0.15, -0.1) is 0 Å². The number of esters is 1. The molecule has 1 heterocycles. The van der Waals surface area contributed by atoms with E-state index >= 15 is 0 Å². The van der Waals surface area contributed by atoms with Crippen molar-refractivity contribution < 1.29 is 14.3 Å². The van der Waals surface area contributed by atoms with Crippen LogP contribution < -0.4 is 5.32 Å². The van der Waals surface area contributed by atoms with Crippen molar-refractivity contribution in [1.29, 1.82) is 0 Å². The van der Waals surface area contributed by atoms with Gasteiger partial charge in [0.25, 0.3) is 5.91 Å². The molecule has 0 aromatic heterocycles. The summed E-state index contributed by atoms with van der Waals surface area (Å²) in [5.74, 6) is -0.772. The summed E-state index contributed by atoms with van der Waals surface area (Å²) in [5, 5.41) is 3.25. The van der Waals surface area contributed by atoms with Crippen LogP contribution in [-0.2, 0) is 9.53 Å². The molecule has 1 aliphatic rings. The smallest absolute Gasteiger partial charge is 0.328 e. The van der Waals surface area contributed by atoms with E-state index in [1.54, 1.807) is 6.07 Å². The summed E-state index contributed by atoms with van der Waals surface area (Å²) in [4.78, 5) is 23.0. The van der Waals surface area contributed by atoms with Crippen molar-refractivity contribution in [3.8, 4) is 0 Å². The number of hydrogen-bond acceptors (Lipinski definition) is 3. The van der Waals surface area contributed by atoms with Gasteiger partial charge in [-0.3, -0.25) is 4.79 Å². The van der Waals surface area contributed by atoms with Crippen LogP contribution in [0.5, 0.6) is 0 Å². The van der Waals surface area contributed by atoms with Gasteiger partial charge in [0.2, 0.25) is 0 Å². The first-order valence-corrected chi connectivity index (χ1v) is 5.76. The molecule has 1 atom stereocenters. The number of halogens is 2. The van der Waals surface area contributed by atoms with E-state index in [0.29, 0.717) is 28.6 Å². The molecule has 0 bridgehead atoms. The third-order valence-corrected chi connectivity index (χ3v) is 3.16. The third kappa shape index (κ3) is 2.70. The molecule has 0 aliphatic carbocycles. The second kappa shape index (κ2) is 4.94. The van der Waals surface area contributed by atoms with E-state index in [0.717, 1.165) is 0 Å². The van der Waals surface area contributed by atoms with Gasteiger partial charge in [-0.05, 0) is 18.2 Å². The first-order valence-electron chi connectivity index (χ1n) is 5.00. The second-order valence-electron chi connectivity index (χ2n) is 3.61. The molecule has 6 heteroatoms. The van der Waals surface area contributed by atoms with Crippen LogP contribution >= 0.6 is 23.2 Å². The Morgan fingerprint density at radius 3 is 2.71 bits per heavy atom. The lowest BCUT2D eigenvalue weighted by Gasteiger charge is -2.09. The van der Waals surface area contributed by atoms with Gasteiger partial charge >= 0.3 is 5.97 Å². The number of amides is 1. The van der Waals surface area contributed by atoms with Gasteiger partial charge in [0.05, 0.1) is 16.7 Å². The number of nitrogens with one attached hydrogen (secondary N) is 1. The van der Waals surface area contributed by atoms with E-state index in [4.69, 9.17) is 27.9 Å². The molecule has 1 aromatic rings. The first-order chi connectivity index (χ1) is 8.08. The normalized spacial score (nSPS) is 18.9. The monoisotopic (exact) mass is 273 g/mol. The van der Waals surface area contributed by atoms with Gasteiger partial charge < -0.3 is 10.1 Å². The molecular weight excluding hydrogens is 265 g/mol. The zero-order chi connectivity index (χ0) is 12.4. The minimum absolute atomic E-state index is 0.299. The molecule has 1 amide bonds. The lowest BCUT2D eigenvalue weighted by atomic mass is 10.2. The lowest BCUT2D eigenvalue weighted by molar-refractivity contribution is -0.139. The highest BCUT2D eigenvalue weighted by Gasteiger charge is 2.28. The number of carbonyl (C=O) groups is 2. The number of rotatable bonds is 2. The lowest BCUT2D eigenvalue weighted by Crippen LogP contribution is -2.37. The number of ether oxygens (including phenoxy) is 1. The molecular formula is C11H9Cl2NO3. The summed E-state index contributed by atoms with van der Waals surface area (Å²) in [6.07, 6.45) is 0.492. The fourth-order valence-corrected chi connectivity index (χ4v) is 1.80. The average molecular weight is 274 g/mol. The van der Waals surface area contributed by atoms with E-state index < -0.39 is 12.0 Å². The maximum Gasteiger partial charge on any atom is 0.328 e. The van der Waals surface area contributed by atoms with Crippen LogP contribution in [-0.4, -0.2) is 24.5 Å². The van der Waals surface area contributed by atoms with Gasteiger partial charge in [-0.2, -0.15) is 0 Å². The van der Waals surface area contributed by atoms with Gasteiger partial charge in [-0.1, -0.05) is 23.2 Å². The predicted molar refractivity (Wildman–Crippen MR) is 63.3 cm³/mol. The van der Waals surface area contributed by atoms with Crippen molar-refractivity contribution in [2.75, 3.05) is 6.61 Å². The van der Waals surface area contributed by atoms with Gasteiger partial charge in [0, 0.05) is 12.0 Å². The number of benzene rings is 1. The molecule has 1 unspecified atom stereocenters. The van der Waals surface area contributed by atoms with Crippen molar-refractivity contribution >= 4 is 35.1 Å². The number of cyclic esters (lactones) is 1. The Labute approximate surface area is 108 Å². The molecule has 4 nitrogen and oxygen atoms in total. The van der Waals surface area contributed by atoms with Crippen LogP contribution in [0.1, 0.15) is 16.8 Å². The highest BCUT2D eigenvalue weighted by atomic mass is 35.5. The summed E-state index contributed by atoms with van der Waals surface area (Å²) in [6, 6.07) is 3.96. The maximum atomic E-state index is 11.8. The fourth-order valence-electron chi connectivity index (χ4n) is 1.51. The molecule has 1 aliphatic heterocycles. The van der Waals surface area contributed by atoms with Crippen molar-refractivity contribution in [3.05, 3.63) is 33.8 Å². The molecule has 1 saturated heterocycles. The van der Waals surface area contributed by atoms with Crippen molar-refractivity contribution in [3.63, 3.8) is 0 Å². The van der Waals surface area contributed by atoms with Crippen LogP contribution in [0.4, 0.5) is 0 Å². The number of hydrogen-bond donors (Lipinski definition) is 1. The highest BCUT2D eigenvalue weighted by molar-refractivity contribution is 6.42. The maximum absolute atomic E-state index is 11.8. The zero-order valence-electron chi connectivity index (χ0n) is 8.70. The summed E-state index contributed by atoms with van der Waals surface area (Å²) in [5.41, 5.74) is 0.360. The summed E-state index contributed by atoms with van der Waals surface area (Å²) in [6.45, 7) is 0.338. The Kier molecular flexibility index (Phi) is 3.54. The summed E-state index contributed by atoms with van der Waals surface area (Å²) >= 11 is 11.5. The van der Waals surface area contributed by atoms with Gasteiger partial charge in [0.1, 0.15) is 6.04 Å². The standard InChI is InChI=1S/C11H9Cl2NO3/c12-7-2-1-6(5-8(7)13)10(15)14-9-3-4-17-11(9)16/h1-2,5,9H,3-4H2,(H,14,15). The molecule has 1 N–H and O–H groups in total. The fraction of sp³-hybridized carbons (Fsp3) is 0.273. The third-order valence-electron chi connectivity index (χ3n) is 2.42. The minimum Gasteiger partial charge on any atom is -0.464 e. The topological polar surface area (TPSA) is 55.4 Å². The quantitative estimate of drug-likeness (QED) is 0.839. The van der Waals surface area contributed by atoms with Crippen molar-refractivity contribution in [1.82, 2.24) is 5.32 Å². The van der Waals surface area contributed by atoms with E-state index in [-0.39, 0.29) is 5.91 Å². The van der Waals surface area contributed by atoms with Crippen molar-refractivity contribution in [2.24, 2.45) is 0 Å². The van der Waals surface area contributed by atoms with Crippen LogP contribution in [0.3, 0.4) is 0 Å². The van der Waals surface area contributed by atoms with Crippen LogP contribution in [0.25, 0.3) is 0 Å². The number of carbonyl (C=O) groups excluding carboxylic acids is 2. The SMILES string of the molecule is O=C(NC1CCOC1=O)c1ccc(Cl)c(Cl)c1. The Morgan fingerprint density at radius 1 is 1.35 bits per heavy atom. The van der Waals surface area contributed by atoms with E-state index in [1.807, 2.05) is 0 Å². The van der Waals surface area contributed by atoms with E-state index in [9.17, 15) is 9.59 Å². The molecule has 2 rings (SSSR count). The Hall–Kier alpha value is -1.26. The predicted octanol–water partition coefficient (Wildman–Crippen LogP) is 2.04. The second-order valence-corrected chi connectivity index (χ2v) is 4.43. The van der Waals surface area contributed by atoms with Gasteiger partial charge in [-0.25, -0.2) is 4.79 Å². The largest absolute Gasteiger partial charge is 0.464 e. The molecule has 0 radical (unpaired) electrons. The molecule has 17 heavy (non-hydrogen) atoms. The van der Waals surface area contributed by atoms with Crippen LogP contribution in [0.2, 0.25) is 10.0 Å². The highest BCUT2D eigenvalue weighted by Crippen LogP contribution is 2.22.